The molecule has 0 amide bonds. The first kappa shape index (κ1) is 13.2. The molecule has 1 unspecified atom stereocenters. The van der Waals surface area contributed by atoms with E-state index in [1.165, 1.54) is 30.4 Å². The van der Waals surface area contributed by atoms with Gasteiger partial charge in [-0.05, 0) is 48.1 Å². The molecule has 0 radical (unpaired) electrons. The van der Waals surface area contributed by atoms with Crippen LogP contribution in [0.4, 0.5) is 0 Å². The smallest absolute Gasteiger partial charge is 0.119 e. The Morgan fingerprint density at radius 2 is 2.00 bits per heavy atom. The van der Waals surface area contributed by atoms with Crippen molar-refractivity contribution in [2.45, 2.75) is 31.7 Å². The molecule has 0 spiro atoms. The maximum absolute atomic E-state index is 5.99. The van der Waals surface area contributed by atoms with Gasteiger partial charge in [0, 0.05) is 12.5 Å². The Balaban J connectivity index is 1.70. The van der Waals surface area contributed by atoms with Crippen LogP contribution in [0.3, 0.4) is 0 Å². The predicted molar refractivity (Wildman–Crippen MR) is 81.9 cm³/mol. The molecule has 2 aromatic rings. The van der Waals surface area contributed by atoms with Crippen LogP contribution in [0.2, 0.25) is 0 Å². The van der Waals surface area contributed by atoms with Crippen molar-refractivity contribution in [3.63, 3.8) is 0 Å². The molecule has 0 aliphatic heterocycles. The Labute approximate surface area is 120 Å². The number of rotatable bonds is 4. The molecule has 2 heteroatoms. The summed E-state index contributed by atoms with van der Waals surface area (Å²) in [6.07, 6.45) is 3.68. The van der Waals surface area contributed by atoms with Crippen LogP contribution < -0.4 is 10.5 Å². The van der Waals surface area contributed by atoms with E-state index in [0.717, 1.165) is 17.9 Å². The fraction of sp³-hybridized carbons (Fsp3) is 0.333. The quantitative estimate of drug-likeness (QED) is 0.917. The Hall–Kier alpha value is -1.80. The summed E-state index contributed by atoms with van der Waals surface area (Å²) in [5.41, 5.74) is 9.74. The number of ether oxygens (including phenoxy) is 1. The third-order valence-electron chi connectivity index (χ3n) is 4.08. The lowest BCUT2D eigenvalue weighted by atomic mass is 9.83. The first-order chi connectivity index (χ1) is 9.86. The van der Waals surface area contributed by atoms with Crippen LogP contribution in [0, 0.1) is 0 Å². The van der Waals surface area contributed by atoms with Gasteiger partial charge in [0.1, 0.15) is 5.75 Å². The first-order valence-electron chi connectivity index (χ1n) is 7.36. The second kappa shape index (κ2) is 6.10. The molecule has 1 atom stereocenters. The zero-order valence-corrected chi connectivity index (χ0v) is 11.7. The third-order valence-corrected chi connectivity index (χ3v) is 4.08. The lowest BCUT2D eigenvalue weighted by molar-refractivity contribution is 0.274. The minimum atomic E-state index is 0.515. The van der Waals surface area contributed by atoms with Gasteiger partial charge in [-0.15, -0.1) is 0 Å². The van der Waals surface area contributed by atoms with Crippen molar-refractivity contribution >= 4 is 0 Å². The van der Waals surface area contributed by atoms with E-state index < -0.39 is 0 Å². The van der Waals surface area contributed by atoms with Gasteiger partial charge in [-0.25, -0.2) is 0 Å². The molecular weight excluding hydrogens is 246 g/mol. The molecule has 0 heterocycles. The second-order valence-electron chi connectivity index (χ2n) is 5.45. The molecule has 3 rings (SSSR count). The van der Waals surface area contributed by atoms with Crippen LogP contribution in [0.25, 0.3) is 0 Å². The molecule has 0 aromatic heterocycles. The fourth-order valence-corrected chi connectivity index (χ4v) is 2.99. The Morgan fingerprint density at radius 3 is 2.90 bits per heavy atom. The lowest BCUT2D eigenvalue weighted by Crippen LogP contribution is -2.16. The summed E-state index contributed by atoms with van der Waals surface area (Å²) in [6, 6.07) is 16.8. The maximum atomic E-state index is 5.99. The number of aryl methyl sites for hydroxylation is 1. The summed E-state index contributed by atoms with van der Waals surface area (Å²) in [4.78, 5) is 0. The second-order valence-corrected chi connectivity index (χ2v) is 5.45. The molecule has 20 heavy (non-hydrogen) atoms. The normalized spacial score (nSPS) is 17.6. The van der Waals surface area contributed by atoms with Crippen LogP contribution in [-0.2, 0) is 13.0 Å². The van der Waals surface area contributed by atoms with Gasteiger partial charge in [0.2, 0.25) is 0 Å². The molecule has 0 fully saturated rings. The first-order valence-corrected chi connectivity index (χ1v) is 7.36. The average molecular weight is 267 g/mol. The van der Waals surface area contributed by atoms with Gasteiger partial charge >= 0.3 is 0 Å². The molecule has 0 saturated carbocycles. The van der Waals surface area contributed by atoms with Gasteiger partial charge in [-0.3, -0.25) is 0 Å². The predicted octanol–water partition coefficient (Wildman–Crippen LogP) is 3.64. The fourth-order valence-electron chi connectivity index (χ4n) is 2.99. The van der Waals surface area contributed by atoms with E-state index >= 15 is 0 Å². The number of nitrogens with two attached hydrogens (primary N) is 1. The van der Waals surface area contributed by atoms with Crippen molar-refractivity contribution in [1.82, 2.24) is 0 Å². The highest BCUT2D eigenvalue weighted by Gasteiger charge is 2.20. The number of fused-ring (bicyclic) bond motifs is 1. The van der Waals surface area contributed by atoms with Gasteiger partial charge in [-0.1, -0.05) is 36.4 Å². The van der Waals surface area contributed by atoms with Crippen molar-refractivity contribution in [2.24, 2.45) is 5.73 Å². The summed E-state index contributed by atoms with van der Waals surface area (Å²) >= 11 is 0. The van der Waals surface area contributed by atoms with E-state index in [1.54, 1.807) is 0 Å². The average Bonchev–Trinajstić information content (AvgIpc) is 2.53. The summed E-state index contributed by atoms with van der Waals surface area (Å²) in [7, 11) is 0. The summed E-state index contributed by atoms with van der Waals surface area (Å²) in [5, 5.41) is 0. The van der Waals surface area contributed by atoms with Crippen molar-refractivity contribution in [3.05, 3.63) is 65.2 Å². The van der Waals surface area contributed by atoms with Crippen LogP contribution >= 0.6 is 0 Å². The standard InChI is InChI=1S/C18H21NO/c19-12-14-5-3-9-17(11-14)20-13-16-8-4-7-15-6-1-2-10-18(15)16/h1-3,5-6,9-11,16H,4,7-8,12-13,19H2. The van der Waals surface area contributed by atoms with Crippen LogP contribution in [0.5, 0.6) is 5.75 Å². The molecule has 2 aromatic carbocycles. The van der Waals surface area contributed by atoms with Gasteiger partial charge in [0.15, 0.2) is 0 Å². The molecule has 0 saturated heterocycles. The molecule has 1 aliphatic rings. The molecule has 0 bridgehead atoms. The maximum Gasteiger partial charge on any atom is 0.119 e. The minimum Gasteiger partial charge on any atom is -0.493 e. The van der Waals surface area contributed by atoms with E-state index in [2.05, 4.69) is 24.3 Å². The molecule has 104 valence electrons. The van der Waals surface area contributed by atoms with Crippen LogP contribution in [-0.4, -0.2) is 6.61 Å². The van der Waals surface area contributed by atoms with E-state index in [1.807, 2.05) is 24.3 Å². The van der Waals surface area contributed by atoms with E-state index in [4.69, 9.17) is 10.5 Å². The highest BCUT2D eigenvalue weighted by Crippen LogP contribution is 2.32. The van der Waals surface area contributed by atoms with E-state index in [-0.39, 0.29) is 0 Å². The van der Waals surface area contributed by atoms with E-state index in [9.17, 15) is 0 Å². The van der Waals surface area contributed by atoms with Gasteiger partial charge in [0.25, 0.3) is 0 Å². The zero-order valence-electron chi connectivity index (χ0n) is 11.7. The highest BCUT2D eigenvalue weighted by molar-refractivity contribution is 5.33. The van der Waals surface area contributed by atoms with E-state index in [0.29, 0.717) is 12.5 Å². The number of hydrogen-bond acceptors (Lipinski definition) is 2. The van der Waals surface area contributed by atoms with Gasteiger partial charge in [-0.2, -0.15) is 0 Å². The van der Waals surface area contributed by atoms with Gasteiger partial charge < -0.3 is 10.5 Å². The SMILES string of the molecule is NCc1cccc(OCC2CCCc3ccccc32)c1. The molecule has 2 N–H and O–H groups in total. The van der Waals surface area contributed by atoms with Crippen molar-refractivity contribution in [3.8, 4) is 5.75 Å². The lowest BCUT2D eigenvalue weighted by Gasteiger charge is -2.25. The van der Waals surface area contributed by atoms with Crippen LogP contribution in [0.15, 0.2) is 48.5 Å². The largest absolute Gasteiger partial charge is 0.493 e. The summed E-state index contributed by atoms with van der Waals surface area (Å²) in [5.74, 6) is 1.44. The van der Waals surface area contributed by atoms with Crippen LogP contribution in [0.1, 0.15) is 35.4 Å². The number of hydrogen-bond donors (Lipinski definition) is 1. The summed E-state index contributed by atoms with van der Waals surface area (Å²) < 4.78 is 5.99. The third kappa shape index (κ3) is 2.86. The molecule has 2 nitrogen and oxygen atoms in total. The van der Waals surface area contributed by atoms with Crippen molar-refractivity contribution < 1.29 is 4.74 Å². The zero-order chi connectivity index (χ0) is 13.8. The Bertz CT molecular complexity index is 579. The van der Waals surface area contributed by atoms with Crippen molar-refractivity contribution in [1.29, 1.82) is 0 Å². The number of benzene rings is 2. The summed E-state index contributed by atoms with van der Waals surface area (Å²) in [6.45, 7) is 1.31. The Morgan fingerprint density at radius 1 is 1.10 bits per heavy atom. The highest BCUT2D eigenvalue weighted by atomic mass is 16.5. The van der Waals surface area contributed by atoms with Crippen molar-refractivity contribution in [2.75, 3.05) is 6.61 Å². The monoisotopic (exact) mass is 267 g/mol. The minimum absolute atomic E-state index is 0.515. The van der Waals surface area contributed by atoms with Gasteiger partial charge in [0.05, 0.1) is 6.61 Å². The molecular formula is C18H21NO. The molecule has 1 aliphatic carbocycles. The Kier molecular flexibility index (Phi) is 4.03. The topological polar surface area (TPSA) is 35.2 Å².